The molecule has 6 aliphatic rings. The highest BCUT2D eigenvalue weighted by Crippen LogP contribution is 2.47. The Labute approximate surface area is 248 Å². The normalized spacial score (nSPS) is 39.9. The van der Waals surface area contributed by atoms with Gasteiger partial charge in [0.15, 0.2) is 0 Å². The van der Waals surface area contributed by atoms with E-state index in [0.29, 0.717) is 47.8 Å². The van der Waals surface area contributed by atoms with Gasteiger partial charge in [-0.2, -0.15) is 0 Å². The highest BCUT2D eigenvalue weighted by Gasteiger charge is 2.54. The first-order valence-corrected chi connectivity index (χ1v) is 16.7. The number of nitrogens with zero attached hydrogens (tertiary/aromatic N) is 3. The SMILES string of the molecule is C=CC(=O)N1CCC(N2CC(C#CC3C(C4CCC(OC5CCCCC5)C(C)C4)C4C(N)NCNC4N3C)C2)CC1. The van der Waals surface area contributed by atoms with Crippen molar-refractivity contribution in [3.63, 3.8) is 0 Å². The second kappa shape index (κ2) is 13.0. The third-order valence-corrected chi connectivity index (χ3v) is 11.5. The summed E-state index contributed by atoms with van der Waals surface area (Å²) in [5, 5.41) is 7.23. The predicted molar refractivity (Wildman–Crippen MR) is 162 cm³/mol. The lowest BCUT2D eigenvalue weighted by molar-refractivity contribution is -0.127. The molecule has 6 rings (SSSR count). The zero-order valence-corrected chi connectivity index (χ0v) is 25.5. The van der Waals surface area contributed by atoms with E-state index >= 15 is 0 Å². The van der Waals surface area contributed by atoms with Gasteiger partial charge < -0.3 is 15.4 Å². The molecule has 4 aliphatic heterocycles. The molecule has 8 unspecified atom stereocenters. The topological polar surface area (TPSA) is 86.1 Å². The highest BCUT2D eigenvalue weighted by atomic mass is 16.5. The molecule has 8 heteroatoms. The number of piperidine rings is 1. The number of nitrogens with two attached hydrogens (primary N) is 1. The number of nitrogens with one attached hydrogen (secondary N) is 2. The molecule has 0 aromatic heterocycles. The third-order valence-electron chi connectivity index (χ3n) is 11.5. The number of carbonyl (C=O) groups excluding carboxylic acids is 1. The lowest BCUT2D eigenvalue weighted by atomic mass is 9.68. The molecular weight excluding hydrogens is 512 g/mol. The molecule has 0 radical (unpaired) electrons. The van der Waals surface area contributed by atoms with E-state index in [0.717, 1.165) is 45.7 Å². The molecule has 228 valence electrons. The summed E-state index contributed by atoms with van der Waals surface area (Å²) in [6, 6.07) is 0.811. The number of likely N-dealkylation sites (tertiary alicyclic amines) is 3. The van der Waals surface area contributed by atoms with Crippen molar-refractivity contribution in [1.29, 1.82) is 0 Å². The van der Waals surface area contributed by atoms with Crippen LogP contribution < -0.4 is 16.4 Å². The molecule has 0 aromatic carbocycles. The number of amides is 1. The van der Waals surface area contributed by atoms with Gasteiger partial charge in [-0.1, -0.05) is 44.6 Å². The van der Waals surface area contributed by atoms with Crippen LogP contribution in [0, 0.1) is 41.4 Å². The van der Waals surface area contributed by atoms with Crippen molar-refractivity contribution in [2.45, 2.75) is 108 Å². The molecule has 0 spiro atoms. The maximum Gasteiger partial charge on any atom is 0.245 e. The number of rotatable bonds is 5. The standard InChI is InChI=1S/C33H54N6O2/c1-4-29(40)38-16-14-25(15-17-38)39-19-23(20-39)10-12-27-30(31-32(34)35-21-36-33(31)37(27)3)24-11-13-28(22(2)18-24)41-26-8-6-5-7-9-26/h4,22-28,30-33,35-36H,1,5-9,11,13-21,34H2,2-3H3. The van der Waals surface area contributed by atoms with Gasteiger partial charge in [0.1, 0.15) is 0 Å². The molecule has 0 aromatic rings. The summed E-state index contributed by atoms with van der Waals surface area (Å²) >= 11 is 0. The molecule has 41 heavy (non-hydrogen) atoms. The van der Waals surface area contributed by atoms with Crippen LogP contribution in [0.3, 0.4) is 0 Å². The van der Waals surface area contributed by atoms with E-state index in [4.69, 9.17) is 10.5 Å². The van der Waals surface area contributed by atoms with E-state index < -0.39 is 0 Å². The molecule has 4 saturated heterocycles. The first kappa shape index (κ1) is 29.6. The van der Waals surface area contributed by atoms with Crippen molar-refractivity contribution < 1.29 is 9.53 Å². The molecule has 4 heterocycles. The van der Waals surface area contributed by atoms with Gasteiger partial charge in [0.2, 0.25) is 5.91 Å². The van der Waals surface area contributed by atoms with Gasteiger partial charge >= 0.3 is 0 Å². The monoisotopic (exact) mass is 566 g/mol. The van der Waals surface area contributed by atoms with E-state index in [-0.39, 0.29) is 24.3 Å². The van der Waals surface area contributed by atoms with Gasteiger partial charge in [-0.15, -0.1) is 0 Å². The van der Waals surface area contributed by atoms with Gasteiger partial charge in [-0.05, 0) is 75.8 Å². The fourth-order valence-corrected chi connectivity index (χ4v) is 9.14. The van der Waals surface area contributed by atoms with Crippen LogP contribution in [0.25, 0.3) is 0 Å². The van der Waals surface area contributed by atoms with Crippen LogP contribution in [0.2, 0.25) is 0 Å². The largest absolute Gasteiger partial charge is 0.375 e. The van der Waals surface area contributed by atoms with Crippen LogP contribution in [0.5, 0.6) is 0 Å². The van der Waals surface area contributed by atoms with Crippen LogP contribution in [0.15, 0.2) is 12.7 Å². The zero-order valence-electron chi connectivity index (χ0n) is 25.5. The summed E-state index contributed by atoms with van der Waals surface area (Å²) in [5.41, 5.74) is 6.77. The van der Waals surface area contributed by atoms with Crippen molar-refractivity contribution in [2.75, 3.05) is 39.9 Å². The second-order valence-corrected chi connectivity index (χ2v) is 14.0. The van der Waals surface area contributed by atoms with Gasteiger partial charge in [0.25, 0.3) is 0 Å². The second-order valence-electron chi connectivity index (χ2n) is 14.0. The third kappa shape index (κ3) is 6.27. The molecule has 8 atom stereocenters. The minimum atomic E-state index is 0.00468. The first-order chi connectivity index (χ1) is 19.9. The summed E-state index contributed by atoms with van der Waals surface area (Å²) < 4.78 is 6.70. The number of fused-ring (bicyclic) bond motifs is 1. The van der Waals surface area contributed by atoms with Crippen LogP contribution in [-0.4, -0.2) is 97.1 Å². The quantitative estimate of drug-likeness (QED) is 0.348. The summed E-state index contributed by atoms with van der Waals surface area (Å²) in [4.78, 5) is 19.0. The smallest absolute Gasteiger partial charge is 0.245 e. The van der Waals surface area contributed by atoms with Crippen molar-refractivity contribution in [3.05, 3.63) is 12.7 Å². The Morgan fingerprint density at radius 3 is 2.46 bits per heavy atom. The molecular formula is C33H54N6O2. The summed E-state index contributed by atoms with van der Waals surface area (Å²) in [6.45, 7) is 10.6. The Morgan fingerprint density at radius 2 is 1.76 bits per heavy atom. The molecule has 2 aliphatic carbocycles. The van der Waals surface area contributed by atoms with E-state index in [9.17, 15) is 4.79 Å². The molecule has 1 amide bonds. The van der Waals surface area contributed by atoms with Gasteiger partial charge in [-0.25, -0.2) is 0 Å². The van der Waals surface area contributed by atoms with Gasteiger partial charge in [0.05, 0.1) is 30.6 Å². The Bertz CT molecular complexity index is 976. The lowest BCUT2D eigenvalue weighted by Crippen LogP contribution is -2.63. The fraction of sp³-hybridized carbons (Fsp3) is 0.848. The van der Waals surface area contributed by atoms with E-state index in [1.165, 1.54) is 57.4 Å². The number of hydrogen-bond donors (Lipinski definition) is 3. The summed E-state index contributed by atoms with van der Waals surface area (Å²) in [6.07, 6.45) is 14.9. The van der Waals surface area contributed by atoms with Crippen molar-refractivity contribution >= 4 is 5.91 Å². The maximum atomic E-state index is 11.9. The molecule has 4 N–H and O–H groups in total. The summed E-state index contributed by atoms with van der Waals surface area (Å²) in [7, 11) is 2.26. The van der Waals surface area contributed by atoms with Crippen LogP contribution in [0.1, 0.15) is 71.1 Å². The Morgan fingerprint density at radius 1 is 1.00 bits per heavy atom. The molecule has 0 bridgehead atoms. The minimum Gasteiger partial charge on any atom is -0.375 e. The van der Waals surface area contributed by atoms with Crippen molar-refractivity contribution in [2.24, 2.45) is 35.3 Å². The van der Waals surface area contributed by atoms with Crippen LogP contribution >= 0.6 is 0 Å². The Balaban J connectivity index is 1.08. The predicted octanol–water partition coefficient (Wildman–Crippen LogP) is 2.56. The number of hydrogen-bond acceptors (Lipinski definition) is 7. The molecule has 8 nitrogen and oxygen atoms in total. The van der Waals surface area contributed by atoms with Gasteiger partial charge in [-0.3, -0.25) is 25.2 Å². The van der Waals surface area contributed by atoms with Crippen molar-refractivity contribution in [1.82, 2.24) is 25.3 Å². The molecule has 2 saturated carbocycles. The van der Waals surface area contributed by atoms with E-state index in [1.54, 1.807) is 0 Å². The average molecular weight is 567 g/mol. The number of ether oxygens (including phenoxy) is 1. The van der Waals surface area contributed by atoms with Crippen LogP contribution in [0.4, 0.5) is 0 Å². The first-order valence-electron chi connectivity index (χ1n) is 16.7. The van der Waals surface area contributed by atoms with Crippen molar-refractivity contribution in [3.8, 4) is 11.8 Å². The van der Waals surface area contributed by atoms with Gasteiger partial charge in [0, 0.05) is 50.7 Å². The maximum absolute atomic E-state index is 11.9. The lowest BCUT2D eigenvalue weighted by Gasteiger charge is -2.45. The average Bonchev–Trinajstić information content (AvgIpc) is 3.26. The number of carbonyl (C=O) groups is 1. The Kier molecular flexibility index (Phi) is 9.41. The minimum absolute atomic E-state index is 0.00468. The van der Waals surface area contributed by atoms with E-state index in [1.807, 2.05) is 4.90 Å². The van der Waals surface area contributed by atoms with E-state index in [2.05, 4.69) is 52.8 Å². The summed E-state index contributed by atoms with van der Waals surface area (Å²) in [5.74, 6) is 10.1. The molecule has 6 fully saturated rings. The fourth-order valence-electron chi connectivity index (χ4n) is 9.14. The Hall–Kier alpha value is -1.47. The zero-order chi connectivity index (χ0) is 28.5. The highest BCUT2D eigenvalue weighted by molar-refractivity contribution is 5.87. The van der Waals surface area contributed by atoms with Crippen LogP contribution in [-0.2, 0) is 9.53 Å².